The molecule has 1 N–H and O–H groups in total. The third kappa shape index (κ3) is 1.61. The van der Waals surface area contributed by atoms with E-state index < -0.39 is 5.54 Å². The van der Waals surface area contributed by atoms with Gasteiger partial charge in [-0.2, -0.15) is 0 Å². The van der Waals surface area contributed by atoms with Crippen molar-refractivity contribution in [1.29, 1.82) is 0 Å². The molecule has 1 aliphatic rings. The van der Waals surface area contributed by atoms with Crippen molar-refractivity contribution in [3.63, 3.8) is 0 Å². The highest BCUT2D eigenvalue weighted by atomic mass is 16.6. The predicted octanol–water partition coefficient (Wildman–Crippen LogP) is 1.08. The summed E-state index contributed by atoms with van der Waals surface area (Å²) in [6.45, 7) is 8.56. The molecule has 1 heterocycles. The topological polar surface area (TPSA) is 38.3 Å². The minimum Gasteiger partial charge on any atom is -0.458 e. The normalized spacial score (nSPS) is 33.5. The molecule has 0 aromatic carbocycles. The Morgan fingerprint density at radius 2 is 2.08 bits per heavy atom. The van der Waals surface area contributed by atoms with Gasteiger partial charge in [-0.25, -0.2) is 0 Å². The first-order valence-corrected chi connectivity index (χ1v) is 4.38. The molecular weight excluding hydrogens is 154 g/mol. The van der Waals surface area contributed by atoms with Gasteiger partial charge in [-0.05, 0) is 27.3 Å². The monoisotopic (exact) mass is 171 g/mol. The van der Waals surface area contributed by atoms with E-state index in [0.29, 0.717) is 0 Å². The van der Waals surface area contributed by atoms with Gasteiger partial charge in [0.05, 0.1) is 0 Å². The highest BCUT2D eigenvalue weighted by Crippen LogP contribution is 2.33. The molecule has 1 atom stereocenters. The van der Waals surface area contributed by atoms with E-state index in [0.717, 1.165) is 13.0 Å². The number of ether oxygens (including phenoxy) is 1. The van der Waals surface area contributed by atoms with Crippen LogP contribution in [0, 0.1) is 0 Å². The maximum Gasteiger partial charge on any atom is 0.326 e. The summed E-state index contributed by atoms with van der Waals surface area (Å²) < 4.78 is 5.22. The number of esters is 1. The quantitative estimate of drug-likeness (QED) is 0.632. The van der Waals surface area contributed by atoms with Gasteiger partial charge in [0.1, 0.15) is 11.1 Å². The fourth-order valence-corrected chi connectivity index (χ4v) is 1.85. The van der Waals surface area contributed by atoms with Crippen LogP contribution in [0.3, 0.4) is 0 Å². The standard InChI is InChI=1S/C9H17NO2/c1-5-10-9(4)6-8(2,3)12-7(9)11/h10H,5-6H2,1-4H3. The van der Waals surface area contributed by atoms with Crippen molar-refractivity contribution in [2.75, 3.05) is 6.54 Å². The molecule has 0 amide bonds. The van der Waals surface area contributed by atoms with Crippen LogP contribution in [0.15, 0.2) is 0 Å². The molecular formula is C9H17NO2. The van der Waals surface area contributed by atoms with Crippen LogP contribution in [0.25, 0.3) is 0 Å². The van der Waals surface area contributed by atoms with Crippen LogP contribution in [0.5, 0.6) is 0 Å². The Hall–Kier alpha value is -0.570. The summed E-state index contributed by atoms with van der Waals surface area (Å²) in [6.07, 6.45) is 0.743. The van der Waals surface area contributed by atoms with Crippen molar-refractivity contribution in [1.82, 2.24) is 5.32 Å². The second-order valence-corrected chi connectivity index (χ2v) is 4.19. The van der Waals surface area contributed by atoms with Crippen LogP contribution in [-0.2, 0) is 9.53 Å². The Kier molecular flexibility index (Phi) is 2.17. The number of cyclic esters (lactones) is 1. The minimum atomic E-state index is -0.474. The molecule has 0 aliphatic carbocycles. The molecule has 1 rings (SSSR count). The maximum atomic E-state index is 11.4. The molecule has 1 saturated heterocycles. The van der Waals surface area contributed by atoms with Gasteiger partial charge in [0.2, 0.25) is 0 Å². The van der Waals surface area contributed by atoms with Crippen LogP contribution in [0.1, 0.15) is 34.1 Å². The van der Waals surface area contributed by atoms with Crippen molar-refractivity contribution in [3.8, 4) is 0 Å². The average Bonchev–Trinajstić information content (AvgIpc) is 2.02. The summed E-state index contributed by atoms with van der Waals surface area (Å²) in [5, 5.41) is 3.15. The van der Waals surface area contributed by atoms with E-state index in [4.69, 9.17) is 4.74 Å². The zero-order valence-electron chi connectivity index (χ0n) is 8.23. The smallest absolute Gasteiger partial charge is 0.326 e. The molecule has 1 unspecified atom stereocenters. The van der Waals surface area contributed by atoms with Crippen molar-refractivity contribution >= 4 is 5.97 Å². The van der Waals surface area contributed by atoms with Crippen molar-refractivity contribution in [2.24, 2.45) is 0 Å². The Labute approximate surface area is 73.5 Å². The number of hydrogen-bond donors (Lipinski definition) is 1. The maximum absolute atomic E-state index is 11.4. The molecule has 0 saturated carbocycles. The molecule has 0 spiro atoms. The summed E-state index contributed by atoms with van der Waals surface area (Å²) in [5.41, 5.74) is -0.785. The fourth-order valence-electron chi connectivity index (χ4n) is 1.85. The van der Waals surface area contributed by atoms with Gasteiger partial charge >= 0.3 is 5.97 Å². The zero-order valence-corrected chi connectivity index (χ0v) is 8.23. The van der Waals surface area contributed by atoms with E-state index in [2.05, 4.69) is 5.32 Å². The lowest BCUT2D eigenvalue weighted by Crippen LogP contribution is -2.46. The molecule has 0 aromatic rings. The molecule has 0 bridgehead atoms. The Bertz CT molecular complexity index is 201. The third-order valence-electron chi connectivity index (χ3n) is 2.17. The van der Waals surface area contributed by atoms with Gasteiger partial charge in [0.25, 0.3) is 0 Å². The lowest BCUT2D eigenvalue weighted by Gasteiger charge is -2.20. The van der Waals surface area contributed by atoms with E-state index in [1.54, 1.807) is 0 Å². The highest BCUT2D eigenvalue weighted by molar-refractivity contribution is 5.83. The van der Waals surface area contributed by atoms with Gasteiger partial charge < -0.3 is 10.1 Å². The Morgan fingerprint density at radius 1 is 1.50 bits per heavy atom. The minimum absolute atomic E-state index is 0.130. The largest absolute Gasteiger partial charge is 0.458 e. The summed E-state index contributed by atoms with van der Waals surface area (Å²) in [7, 11) is 0. The first-order chi connectivity index (χ1) is 5.40. The van der Waals surface area contributed by atoms with E-state index in [9.17, 15) is 4.79 Å². The summed E-state index contributed by atoms with van der Waals surface area (Å²) in [4.78, 5) is 11.4. The van der Waals surface area contributed by atoms with Gasteiger partial charge in [0.15, 0.2) is 0 Å². The Balaban J connectivity index is 2.74. The van der Waals surface area contributed by atoms with Crippen LogP contribution in [-0.4, -0.2) is 23.7 Å². The lowest BCUT2D eigenvalue weighted by molar-refractivity contribution is -0.149. The molecule has 3 heteroatoms. The highest BCUT2D eigenvalue weighted by Gasteiger charge is 2.48. The van der Waals surface area contributed by atoms with E-state index in [1.807, 2.05) is 27.7 Å². The van der Waals surface area contributed by atoms with E-state index in [1.165, 1.54) is 0 Å². The number of carbonyl (C=O) groups excluding carboxylic acids is 1. The average molecular weight is 171 g/mol. The van der Waals surface area contributed by atoms with E-state index >= 15 is 0 Å². The third-order valence-corrected chi connectivity index (χ3v) is 2.17. The SMILES string of the molecule is CCNC1(C)CC(C)(C)OC1=O. The van der Waals surface area contributed by atoms with Gasteiger partial charge in [-0.1, -0.05) is 6.92 Å². The second kappa shape index (κ2) is 2.73. The molecule has 12 heavy (non-hydrogen) atoms. The lowest BCUT2D eigenvalue weighted by atomic mass is 9.92. The number of nitrogens with one attached hydrogen (secondary N) is 1. The second-order valence-electron chi connectivity index (χ2n) is 4.19. The Morgan fingerprint density at radius 3 is 2.42 bits per heavy atom. The van der Waals surface area contributed by atoms with E-state index in [-0.39, 0.29) is 11.6 Å². The number of hydrogen-bond acceptors (Lipinski definition) is 3. The molecule has 0 radical (unpaired) electrons. The summed E-state index contributed by atoms with van der Waals surface area (Å²) in [6, 6.07) is 0. The van der Waals surface area contributed by atoms with Gasteiger partial charge in [0, 0.05) is 6.42 Å². The fraction of sp³-hybridized carbons (Fsp3) is 0.889. The molecule has 1 aliphatic heterocycles. The van der Waals surface area contributed by atoms with Crippen molar-refractivity contribution in [2.45, 2.75) is 45.3 Å². The number of likely N-dealkylation sites (N-methyl/N-ethyl adjacent to an activating group) is 1. The van der Waals surface area contributed by atoms with Crippen LogP contribution < -0.4 is 5.32 Å². The van der Waals surface area contributed by atoms with Gasteiger partial charge in [-0.15, -0.1) is 0 Å². The van der Waals surface area contributed by atoms with Gasteiger partial charge in [-0.3, -0.25) is 4.79 Å². The molecule has 1 fully saturated rings. The van der Waals surface area contributed by atoms with Crippen LogP contribution in [0.2, 0.25) is 0 Å². The first-order valence-electron chi connectivity index (χ1n) is 4.38. The van der Waals surface area contributed by atoms with Crippen molar-refractivity contribution in [3.05, 3.63) is 0 Å². The number of rotatable bonds is 2. The van der Waals surface area contributed by atoms with Crippen molar-refractivity contribution < 1.29 is 9.53 Å². The summed E-state index contributed by atoms with van der Waals surface area (Å²) in [5.74, 6) is -0.130. The van der Waals surface area contributed by atoms with Crippen LogP contribution >= 0.6 is 0 Å². The zero-order chi connectivity index (χ0) is 9.41. The molecule has 70 valence electrons. The number of carbonyl (C=O) groups is 1. The predicted molar refractivity (Wildman–Crippen MR) is 46.9 cm³/mol. The summed E-state index contributed by atoms with van der Waals surface area (Å²) >= 11 is 0. The van der Waals surface area contributed by atoms with Crippen LogP contribution in [0.4, 0.5) is 0 Å². The molecule has 0 aromatic heterocycles. The molecule has 3 nitrogen and oxygen atoms in total. The first kappa shape index (κ1) is 9.52.